The Morgan fingerprint density at radius 2 is 1.02 bits per heavy atom. The van der Waals surface area contributed by atoms with E-state index in [0.29, 0.717) is 86.2 Å². The van der Waals surface area contributed by atoms with Gasteiger partial charge in [0.25, 0.3) is 11.8 Å². The van der Waals surface area contributed by atoms with Crippen molar-refractivity contribution < 1.29 is 43.8 Å². The molecule has 0 saturated heterocycles. The van der Waals surface area contributed by atoms with E-state index in [1.165, 1.54) is 44.4 Å². The van der Waals surface area contributed by atoms with Crippen molar-refractivity contribution in [2.75, 3.05) is 79.0 Å². The maximum atomic E-state index is 12.4. The predicted octanol–water partition coefficient (Wildman–Crippen LogP) is 12.3. The van der Waals surface area contributed by atoms with Gasteiger partial charge >= 0.3 is 5.97 Å². The molecule has 26 heteroatoms. The van der Waals surface area contributed by atoms with Gasteiger partial charge in [0, 0.05) is 76.2 Å². The standard InChI is InChI=1S/C22H25N4O3P.C14H14ClN3O2.C11H15NO3.C8H12NP.C5H4Cl2N2.ClH.H2O/c1-15-23-20(25-16-10-12-17(13-11-16)30(4,5)28)14-21(24-15)29-19-9-7-6-8-18(19)22(27)26(2)3;1-9-16-12(15)8-13(17-9)20-11-7-5-4-6-10(11)14(19)18(2)3;1-3-12(4-2)15-11(14)9-7-5-6-8-10(9)13;1-10(2)8-5-3-7(9)4-6-8;1-3-8-4(6)2-5(7)9-3;;/h6-14H,1-5H3,(H,23,24,25);4-8H,1-3H3;5-8,13H,3-4H2,1-2H3;3-6H,9H2,1-2H3;2H,1H3;1H;1H2. The van der Waals surface area contributed by atoms with E-state index in [2.05, 4.69) is 60.7 Å². The maximum absolute atomic E-state index is 12.4. The number of hydrogen-bond acceptors (Lipinski definition) is 17. The Morgan fingerprint density at radius 1 is 0.605 bits per heavy atom. The van der Waals surface area contributed by atoms with Crippen LogP contribution in [0.15, 0.2) is 140 Å². The molecule has 3 heterocycles. The molecule has 5 aromatic carbocycles. The summed E-state index contributed by atoms with van der Waals surface area (Å²) < 4.78 is 23.8. The van der Waals surface area contributed by atoms with E-state index in [1.807, 2.05) is 50.2 Å². The molecule has 0 aliphatic heterocycles. The lowest BCUT2D eigenvalue weighted by atomic mass is 10.2. The van der Waals surface area contributed by atoms with Crippen molar-refractivity contribution in [3.63, 3.8) is 0 Å². The Balaban J connectivity index is 0.000000391. The second-order valence-electron chi connectivity index (χ2n) is 18.9. The summed E-state index contributed by atoms with van der Waals surface area (Å²) in [5.41, 5.74) is 8.29. The molecular weight excluding hydrogens is 1220 g/mol. The molecule has 0 fully saturated rings. The minimum atomic E-state index is -2.30. The van der Waals surface area contributed by atoms with Crippen molar-refractivity contribution in [2.24, 2.45) is 0 Å². The van der Waals surface area contributed by atoms with Gasteiger partial charge in [-0.2, -0.15) is 9.97 Å². The summed E-state index contributed by atoms with van der Waals surface area (Å²) in [6, 6.07) is 40.5. The highest BCUT2D eigenvalue weighted by molar-refractivity contribution is 7.70. The number of nitrogens with one attached hydrogen (secondary N) is 1. The van der Waals surface area contributed by atoms with Crippen LogP contribution in [-0.2, 0) is 9.40 Å². The number of aromatic nitrogens is 6. The number of carbonyl (C=O) groups is 3. The average molecular weight is 1300 g/mol. The summed E-state index contributed by atoms with van der Waals surface area (Å²) in [7, 11) is 4.49. The molecule has 0 bridgehead atoms. The number of phenols is 1. The second kappa shape index (κ2) is 36.5. The van der Waals surface area contributed by atoms with E-state index in [0.717, 1.165) is 16.7 Å². The molecule has 0 saturated carbocycles. The van der Waals surface area contributed by atoms with Crippen molar-refractivity contribution in [3.05, 3.63) is 189 Å². The molecular formula is C60H73Cl4N11O9P2. The zero-order chi connectivity index (χ0) is 62.3. The highest BCUT2D eigenvalue weighted by Crippen LogP contribution is 2.35. The molecule has 86 heavy (non-hydrogen) atoms. The number of para-hydroxylation sites is 3. The number of amides is 2. The molecule has 0 aliphatic rings. The Hall–Kier alpha value is -7.51. The number of halogens is 4. The fraction of sp³-hybridized carbons (Fsp3) is 0.250. The number of aromatic hydroxyl groups is 1. The Morgan fingerprint density at radius 3 is 1.44 bits per heavy atom. The van der Waals surface area contributed by atoms with Gasteiger partial charge in [-0.1, -0.05) is 91.3 Å². The summed E-state index contributed by atoms with van der Waals surface area (Å²) >= 11 is 16.9. The lowest BCUT2D eigenvalue weighted by molar-refractivity contribution is -0.103. The van der Waals surface area contributed by atoms with Crippen LogP contribution in [-0.4, -0.2) is 141 Å². The lowest BCUT2D eigenvalue weighted by Gasteiger charge is -2.17. The van der Waals surface area contributed by atoms with Crippen molar-refractivity contribution >= 4 is 108 Å². The second-order valence-corrected chi connectivity index (χ2v) is 25.6. The van der Waals surface area contributed by atoms with E-state index >= 15 is 0 Å². The van der Waals surface area contributed by atoms with Crippen LogP contribution < -0.4 is 31.1 Å². The lowest BCUT2D eigenvalue weighted by Crippen LogP contribution is -2.26. The number of anilines is 3. The van der Waals surface area contributed by atoms with E-state index in [-0.39, 0.29) is 48.9 Å². The van der Waals surface area contributed by atoms with Crippen LogP contribution in [0, 0.1) is 20.8 Å². The van der Waals surface area contributed by atoms with Crippen LogP contribution in [0.2, 0.25) is 15.5 Å². The first-order chi connectivity index (χ1) is 39.7. The fourth-order valence-electron chi connectivity index (χ4n) is 6.87. The number of hydroxylamine groups is 2. The van der Waals surface area contributed by atoms with Crippen molar-refractivity contribution in [1.82, 2.24) is 44.8 Å². The van der Waals surface area contributed by atoms with Gasteiger partial charge in [0.15, 0.2) is 0 Å². The summed E-state index contributed by atoms with van der Waals surface area (Å²) in [5.74, 6) is 2.77. The molecule has 0 radical (unpaired) electrons. The molecule has 3 aromatic heterocycles. The molecule has 0 unspecified atom stereocenters. The molecule has 0 spiro atoms. The highest BCUT2D eigenvalue weighted by atomic mass is 35.5. The van der Waals surface area contributed by atoms with Crippen molar-refractivity contribution in [1.29, 1.82) is 0 Å². The van der Waals surface area contributed by atoms with Gasteiger partial charge < -0.3 is 50.3 Å². The minimum absolute atomic E-state index is 0. The Kier molecular flexibility index (Phi) is 31.6. The summed E-state index contributed by atoms with van der Waals surface area (Å²) in [4.78, 5) is 68.5. The van der Waals surface area contributed by atoms with E-state index in [4.69, 9.17) is 54.8 Å². The zero-order valence-corrected chi connectivity index (χ0v) is 54.9. The molecule has 6 N–H and O–H groups in total. The number of nitrogens with two attached hydrogens (primary N) is 1. The normalized spacial score (nSPS) is 10.3. The van der Waals surface area contributed by atoms with Gasteiger partial charge in [-0.25, -0.2) is 24.7 Å². The molecule has 2 amide bonds. The summed E-state index contributed by atoms with van der Waals surface area (Å²) in [6.07, 6.45) is 0. The number of rotatable bonds is 14. The third-order valence-electron chi connectivity index (χ3n) is 11.1. The number of ether oxygens (including phenoxy) is 2. The Bertz CT molecular complexity index is 3440. The smallest absolute Gasteiger partial charge is 0.360 e. The van der Waals surface area contributed by atoms with Crippen LogP contribution in [0.3, 0.4) is 0 Å². The minimum Gasteiger partial charge on any atom is -0.507 e. The molecule has 0 atom stereocenters. The quantitative estimate of drug-likeness (QED) is 0.0395. The number of aryl methyl sites for hydroxylation is 3. The molecule has 8 rings (SSSR count). The van der Waals surface area contributed by atoms with E-state index < -0.39 is 13.1 Å². The van der Waals surface area contributed by atoms with Crippen LogP contribution in [0.25, 0.3) is 0 Å². The third kappa shape index (κ3) is 25.2. The maximum Gasteiger partial charge on any atom is 0.360 e. The van der Waals surface area contributed by atoms with Gasteiger partial charge in [0.2, 0.25) is 11.8 Å². The van der Waals surface area contributed by atoms with Gasteiger partial charge in [-0.15, -0.1) is 17.5 Å². The van der Waals surface area contributed by atoms with E-state index in [1.54, 1.807) is 129 Å². The van der Waals surface area contributed by atoms with Crippen molar-refractivity contribution in [3.8, 4) is 29.0 Å². The largest absolute Gasteiger partial charge is 0.507 e. The number of phenolic OH excluding ortho intramolecular Hbond substituents is 1. The number of nitrogens with zero attached hydrogens (tertiary/aromatic N) is 9. The van der Waals surface area contributed by atoms with Crippen LogP contribution in [0.4, 0.5) is 17.2 Å². The first-order valence-corrected chi connectivity index (χ1v) is 31.9. The number of hydrogen-bond donors (Lipinski definition) is 3. The highest BCUT2D eigenvalue weighted by Gasteiger charge is 2.18. The number of carbonyl (C=O) groups excluding carboxylic acids is 3. The first kappa shape index (κ1) is 74.6. The molecule has 0 aliphatic carbocycles. The SMILES string of the molecule is CCN(CC)OC(=O)c1ccccc1O.CP(C)c1ccc(N)cc1.Cc1nc(Cl)cc(Cl)n1.Cc1nc(Cl)cc(Oc2ccccc2C(=O)N(C)C)n1.Cc1nc(Nc2ccc(P(C)(C)=O)cc2)cc(Oc2ccccc2C(=O)N(C)C)n1.Cl.O. The summed E-state index contributed by atoms with van der Waals surface area (Å²) in [6.45, 7) is 18.2. The number of benzene rings is 5. The third-order valence-corrected chi connectivity index (χ3v) is 14.5. The molecule has 20 nitrogen and oxygen atoms in total. The summed E-state index contributed by atoms with van der Waals surface area (Å²) in [5, 5.41) is 17.4. The van der Waals surface area contributed by atoms with Crippen molar-refractivity contribution in [2.45, 2.75) is 34.6 Å². The Labute approximate surface area is 525 Å². The topological polar surface area (TPSA) is 273 Å². The number of nitrogen functional groups attached to an aromatic ring is 1. The van der Waals surface area contributed by atoms with E-state index in [9.17, 15) is 24.1 Å². The average Bonchev–Trinajstić information content (AvgIpc) is 3.21. The fourth-order valence-corrected chi connectivity index (χ4v) is 9.21. The molecule has 8 aromatic rings. The monoisotopic (exact) mass is 1290 g/mol. The van der Waals surface area contributed by atoms with Gasteiger partial charge in [0.05, 0.1) is 11.1 Å². The predicted molar refractivity (Wildman–Crippen MR) is 350 cm³/mol. The molecule has 460 valence electrons. The first-order valence-electron chi connectivity index (χ1n) is 25.9. The van der Waals surface area contributed by atoms with Crippen LogP contribution >= 0.6 is 62.3 Å². The van der Waals surface area contributed by atoms with Crippen LogP contribution in [0.1, 0.15) is 62.4 Å². The van der Waals surface area contributed by atoms with Gasteiger partial charge in [-0.3, -0.25) is 9.59 Å². The zero-order valence-electron chi connectivity index (χ0n) is 50.0. The van der Waals surface area contributed by atoms with Crippen LogP contribution in [0.5, 0.6) is 29.0 Å². The van der Waals surface area contributed by atoms with Gasteiger partial charge in [-0.05, 0) is 139 Å². The van der Waals surface area contributed by atoms with Gasteiger partial charge in [0.1, 0.15) is 68.7 Å².